The minimum Gasteiger partial charge on any atom is -0.311 e. The van der Waals surface area contributed by atoms with Gasteiger partial charge in [0.2, 0.25) is 0 Å². The van der Waals surface area contributed by atoms with E-state index in [4.69, 9.17) is 0 Å². The molecular formula is C8H15N3. The Morgan fingerprint density at radius 1 is 1.45 bits per heavy atom. The molecule has 2 rings (SSSR count). The van der Waals surface area contributed by atoms with Crippen LogP contribution in [0.4, 0.5) is 0 Å². The van der Waals surface area contributed by atoms with Gasteiger partial charge >= 0.3 is 0 Å². The van der Waals surface area contributed by atoms with Crippen LogP contribution in [0.25, 0.3) is 0 Å². The van der Waals surface area contributed by atoms with Gasteiger partial charge in [0.05, 0.1) is 11.6 Å². The van der Waals surface area contributed by atoms with Gasteiger partial charge in [-0.15, -0.1) is 0 Å². The molecule has 0 aromatic rings. The summed E-state index contributed by atoms with van der Waals surface area (Å²) in [4.78, 5) is 0. The highest BCUT2D eigenvalue weighted by Crippen LogP contribution is 2.39. The molecule has 0 spiro atoms. The zero-order chi connectivity index (χ0) is 8.06. The molecule has 0 aromatic heterocycles. The van der Waals surface area contributed by atoms with Crippen LogP contribution >= 0.6 is 0 Å². The van der Waals surface area contributed by atoms with Crippen LogP contribution in [0, 0.1) is 5.92 Å². The molecule has 1 N–H and O–H groups in total. The maximum absolute atomic E-state index is 4.35. The van der Waals surface area contributed by atoms with Crippen molar-refractivity contribution in [3.63, 3.8) is 0 Å². The minimum atomic E-state index is 0.0828. The largest absolute Gasteiger partial charge is 0.311 e. The van der Waals surface area contributed by atoms with Crippen LogP contribution in [-0.4, -0.2) is 24.2 Å². The SMILES string of the molecule is CC1N=NC2(C)C(C)NCC12. The van der Waals surface area contributed by atoms with Crippen LogP contribution in [0.3, 0.4) is 0 Å². The zero-order valence-corrected chi connectivity index (χ0v) is 7.33. The lowest BCUT2D eigenvalue weighted by atomic mass is 9.83. The molecule has 4 unspecified atom stereocenters. The lowest BCUT2D eigenvalue weighted by Gasteiger charge is -2.23. The molecule has 0 aromatic carbocycles. The average Bonchev–Trinajstić information content (AvgIpc) is 2.39. The van der Waals surface area contributed by atoms with E-state index in [0.29, 0.717) is 18.0 Å². The van der Waals surface area contributed by atoms with Gasteiger partial charge in [0.25, 0.3) is 0 Å². The van der Waals surface area contributed by atoms with Crippen LogP contribution in [0.5, 0.6) is 0 Å². The van der Waals surface area contributed by atoms with E-state index >= 15 is 0 Å². The molecule has 1 saturated heterocycles. The summed E-state index contributed by atoms with van der Waals surface area (Å²) in [5.41, 5.74) is 0.0828. The monoisotopic (exact) mass is 153 g/mol. The van der Waals surface area contributed by atoms with E-state index in [1.54, 1.807) is 0 Å². The van der Waals surface area contributed by atoms with Crippen LogP contribution < -0.4 is 5.32 Å². The summed E-state index contributed by atoms with van der Waals surface area (Å²) < 4.78 is 0. The summed E-state index contributed by atoms with van der Waals surface area (Å²) in [6.45, 7) is 7.62. The van der Waals surface area contributed by atoms with E-state index < -0.39 is 0 Å². The van der Waals surface area contributed by atoms with Gasteiger partial charge in [0.15, 0.2) is 0 Å². The van der Waals surface area contributed by atoms with E-state index in [0.717, 1.165) is 6.54 Å². The second-order valence-corrected chi connectivity index (χ2v) is 3.92. The summed E-state index contributed by atoms with van der Waals surface area (Å²) in [6.07, 6.45) is 0. The van der Waals surface area contributed by atoms with Gasteiger partial charge in [-0.3, -0.25) is 0 Å². The fourth-order valence-corrected chi connectivity index (χ4v) is 2.15. The summed E-state index contributed by atoms with van der Waals surface area (Å²) in [6, 6.07) is 0.902. The molecular weight excluding hydrogens is 138 g/mol. The Bertz CT molecular complexity index is 202. The van der Waals surface area contributed by atoms with Crippen LogP contribution in [0.2, 0.25) is 0 Å². The predicted octanol–water partition coefficient (Wildman–Crippen LogP) is 1.21. The third-order valence-corrected chi connectivity index (χ3v) is 3.31. The van der Waals surface area contributed by atoms with Crippen molar-refractivity contribution in [3.8, 4) is 0 Å². The van der Waals surface area contributed by atoms with Crippen molar-refractivity contribution in [1.82, 2.24) is 5.32 Å². The maximum Gasteiger partial charge on any atom is 0.0998 e. The molecule has 2 aliphatic heterocycles. The summed E-state index contributed by atoms with van der Waals surface area (Å²) in [5.74, 6) is 0.623. The van der Waals surface area contributed by atoms with E-state index in [1.165, 1.54) is 0 Å². The van der Waals surface area contributed by atoms with Crippen LogP contribution in [0.1, 0.15) is 20.8 Å². The Morgan fingerprint density at radius 3 is 2.82 bits per heavy atom. The molecule has 3 heteroatoms. The minimum absolute atomic E-state index is 0.0828. The Balaban J connectivity index is 2.30. The lowest BCUT2D eigenvalue weighted by Crippen LogP contribution is -2.38. The van der Waals surface area contributed by atoms with E-state index in [-0.39, 0.29) is 5.54 Å². The van der Waals surface area contributed by atoms with E-state index in [1.807, 2.05) is 0 Å². The van der Waals surface area contributed by atoms with Gasteiger partial charge in [-0.25, -0.2) is 0 Å². The molecule has 0 saturated carbocycles. The topological polar surface area (TPSA) is 36.8 Å². The van der Waals surface area contributed by atoms with Crippen molar-refractivity contribution >= 4 is 0 Å². The Hall–Kier alpha value is -0.440. The number of hydrogen-bond acceptors (Lipinski definition) is 3. The molecule has 3 nitrogen and oxygen atoms in total. The van der Waals surface area contributed by atoms with Crippen molar-refractivity contribution < 1.29 is 0 Å². The Kier molecular flexibility index (Phi) is 1.34. The fraction of sp³-hybridized carbons (Fsp3) is 1.00. The molecule has 4 atom stereocenters. The molecule has 11 heavy (non-hydrogen) atoms. The third kappa shape index (κ3) is 0.775. The van der Waals surface area contributed by atoms with E-state index in [2.05, 4.69) is 36.3 Å². The first-order chi connectivity index (χ1) is 5.14. The van der Waals surface area contributed by atoms with Crippen molar-refractivity contribution in [3.05, 3.63) is 0 Å². The number of azo groups is 1. The molecule has 0 bridgehead atoms. The predicted molar refractivity (Wildman–Crippen MR) is 43.7 cm³/mol. The van der Waals surface area contributed by atoms with Gasteiger partial charge in [-0.2, -0.15) is 10.2 Å². The lowest BCUT2D eigenvalue weighted by molar-refractivity contribution is 0.352. The smallest absolute Gasteiger partial charge is 0.0998 e. The Labute approximate surface area is 67.3 Å². The molecule has 0 aliphatic carbocycles. The van der Waals surface area contributed by atoms with Crippen molar-refractivity contribution in [2.45, 2.75) is 38.4 Å². The van der Waals surface area contributed by atoms with Gasteiger partial charge in [-0.05, 0) is 20.8 Å². The van der Waals surface area contributed by atoms with Gasteiger partial charge in [-0.1, -0.05) is 0 Å². The number of rotatable bonds is 0. The summed E-state index contributed by atoms with van der Waals surface area (Å²) in [7, 11) is 0. The molecule has 1 fully saturated rings. The number of nitrogens with one attached hydrogen (secondary N) is 1. The van der Waals surface area contributed by atoms with E-state index in [9.17, 15) is 0 Å². The first-order valence-electron chi connectivity index (χ1n) is 4.30. The highest BCUT2D eigenvalue weighted by atomic mass is 15.3. The quantitative estimate of drug-likeness (QED) is 0.558. The number of nitrogens with zero attached hydrogens (tertiary/aromatic N) is 2. The Morgan fingerprint density at radius 2 is 2.18 bits per heavy atom. The molecule has 62 valence electrons. The molecule has 2 heterocycles. The fourth-order valence-electron chi connectivity index (χ4n) is 2.15. The average molecular weight is 153 g/mol. The van der Waals surface area contributed by atoms with Crippen molar-refractivity contribution in [2.75, 3.05) is 6.54 Å². The maximum atomic E-state index is 4.35. The molecule has 0 radical (unpaired) electrons. The van der Waals surface area contributed by atoms with Gasteiger partial charge in [0, 0.05) is 18.5 Å². The second kappa shape index (κ2) is 2.03. The normalized spacial score (nSPS) is 55.0. The van der Waals surface area contributed by atoms with Crippen molar-refractivity contribution in [2.24, 2.45) is 16.1 Å². The first-order valence-corrected chi connectivity index (χ1v) is 4.30. The van der Waals surface area contributed by atoms with Crippen molar-refractivity contribution in [1.29, 1.82) is 0 Å². The number of hydrogen-bond donors (Lipinski definition) is 1. The summed E-state index contributed by atoms with van der Waals surface area (Å²) in [5, 5.41) is 12.0. The highest BCUT2D eigenvalue weighted by Gasteiger charge is 2.50. The zero-order valence-electron chi connectivity index (χ0n) is 7.33. The highest BCUT2D eigenvalue weighted by molar-refractivity contribution is 5.10. The third-order valence-electron chi connectivity index (χ3n) is 3.31. The second-order valence-electron chi connectivity index (χ2n) is 3.92. The number of fused-ring (bicyclic) bond motifs is 1. The van der Waals surface area contributed by atoms with Gasteiger partial charge in [0.1, 0.15) is 0 Å². The molecule has 0 amide bonds. The molecule has 2 aliphatic rings. The first kappa shape index (κ1) is 7.22. The summed E-state index contributed by atoms with van der Waals surface area (Å²) >= 11 is 0. The standard InChI is InChI=1S/C8H15N3/c1-5-7-4-9-6(2)8(7,3)11-10-5/h5-7,9H,4H2,1-3H3. The van der Waals surface area contributed by atoms with Gasteiger partial charge < -0.3 is 5.32 Å². The van der Waals surface area contributed by atoms with Crippen LogP contribution in [-0.2, 0) is 0 Å². The van der Waals surface area contributed by atoms with Crippen LogP contribution in [0.15, 0.2) is 10.2 Å².